The SMILES string of the molecule is C[C@H]1CCCCN1c1nc(N/N=C\c2ccccc2[N+](=O)[O-])nc(Nc2ccccc2F)n1. The smallest absolute Gasteiger partial charge is 0.278 e. The molecule has 0 saturated carbocycles. The van der Waals surface area contributed by atoms with E-state index in [2.05, 4.69) is 42.6 Å². The standard InChI is InChI=1S/C22H23FN8O2/c1-15-8-6-7-13-30(15)22-27-20(25-18-11-4-3-10-17(18)23)26-21(28-22)29-24-14-16-9-2-5-12-19(16)31(32)33/h2-5,9-12,14-15H,6-8,13H2,1H3,(H2,25,26,27,28,29)/b24-14-/t15-/m0/s1. The van der Waals surface area contributed by atoms with Gasteiger partial charge >= 0.3 is 0 Å². The molecule has 0 amide bonds. The summed E-state index contributed by atoms with van der Waals surface area (Å²) in [4.78, 5) is 26.1. The predicted molar refractivity (Wildman–Crippen MR) is 124 cm³/mol. The van der Waals surface area contributed by atoms with Crippen LogP contribution in [0.3, 0.4) is 0 Å². The molecule has 0 radical (unpaired) electrons. The number of para-hydroxylation sites is 2. The van der Waals surface area contributed by atoms with Crippen molar-refractivity contribution in [2.24, 2.45) is 5.10 Å². The number of anilines is 4. The molecule has 1 fully saturated rings. The average molecular weight is 450 g/mol. The number of piperidine rings is 1. The van der Waals surface area contributed by atoms with Crippen LogP contribution in [0.15, 0.2) is 53.6 Å². The van der Waals surface area contributed by atoms with E-state index in [0.29, 0.717) is 11.5 Å². The minimum atomic E-state index is -0.476. The van der Waals surface area contributed by atoms with Crippen molar-refractivity contribution in [3.05, 3.63) is 70.0 Å². The van der Waals surface area contributed by atoms with E-state index in [4.69, 9.17) is 0 Å². The maximum Gasteiger partial charge on any atom is 0.278 e. The number of hydrazone groups is 1. The van der Waals surface area contributed by atoms with Crippen LogP contribution >= 0.6 is 0 Å². The lowest BCUT2D eigenvalue weighted by molar-refractivity contribution is -0.385. The molecule has 0 unspecified atom stereocenters. The Morgan fingerprint density at radius 1 is 1.12 bits per heavy atom. The topological polar surface area (TPSA) is 121 Å². The maximum absolute atomic E-state index is 14.1. The van der Waals surface area contributed by atoms with E-state index in [1.54, 1.807) is 36.4 Å². The molecule has 10 nitrogen and oxygen atoms in total. The van der Waals surface area contributed by atoms with Crippen LogP contribution < -0.4 is 15.6 Å². The van der Waals surface area contributed by atoms with Gasteiger partial charge in [-0.3, -0.25) is 10.1 Å². The quantitative estimate of drug-likeness (QED) is 0.307. The molecule has 1 saturated heterocycles. The summed E-state index contributed by atoms with van der Waals surface area (Å²) in [5, 5.41) is 18.2. The fourth-order valence-corrected chi connectivity index (χ4v) is 3.60. The second-order valence-electron chi connectivity index (χ2n) is 7.61. The number of benzene rings is 2. The Bertz CT molecular complexity index is 1170. The second-order valence-corrected chi connectivity index (χ2v) is 7.61. The van der Waals surface area contributed by atoms with Crippen molar-refractivity contribution in [3.8, 4) is 0 Å². The van der Waals surface area contributed by atoms with E-state index < -0.39 is 10.7 Å². The van der Waals surface area contributed by atoms with Gasteiger partial charge in [-0.25, -0.2) is 9.82 Å². The van der Waals surface area contributed by atoms with Gasteiger partial charge in [0.25, 0.3) is 5.69 Å². The van der Waals surface area contributed by atoms with Crippen LogP contribution in [0.25, 0.3) is 0 Å². The molecule has 2 aromatic carbocycles. The van der Waals surface area contributed by atoms with Crippen molar-refractivity contribution in [1.82, 2.24) is 15.0 Å². The zero-order valence-corrected chi connectivity index (χ0v) is 18.0. The van der Waals surface area contributed by atoms with Crippen molar-refractivity contribution >= 4 is 35.4 Å². The highest BCUT2D eigenvalue weighted by molar-refractivity contribution is 5.85. The van der Waals surface area contributed by atoms with E-state index in [0.717, 1.165) is 25.8 Å². The highest BCUT2D eigenvalue weighted by atomic mass is 19.1. The highest BCUT2D eigenvalue weighted by Crippen LogP contribution is 2.25. The number of rotatable bonds is 7. The lowest BCUT2D eigenvalue weighted by atomic mass is 10.0. The molecule has 3 aromatic rings. The average Bonchev–Trinajstić information content (AvgIpc) is 2.81. The van der Waals surface area contributed by atoms with Crippen LogP contribution in [-0.2, 0) is 0 Å². The van der Waals surface area contributed by atoms with Crippen LogP contribution in [-0.4, -0.2) is 38.7 Å². The molecular weight excluding hydrogens is 427 g/mol. The zero-order chi connectivity index (χ0) is 23.2. The van der Waals surface area contributed by atoms with E-state index in [-0.39, 0.29) is 29.3 Å². The van der Waals surface area contributed by atoms with E-state index in [1.165, 1.54) is 18.3 Å². The summed E-state index contributed by atoms with van der Waals surface area (Å²) >= 11 is 0. The molecule has 1 aliphatic rings. The minimum absolute atomic E-state index is 0.0663. The fraction of sp³-hybridized carbons (Fsp3) is 0.273. The monoisotopic (exact) mass is 450 g/mol. The number of nitrogens with zero attached hydrogens (tertiary/aromatic N) is 6. The first-order valence-electron chi connectivity index (χ1n) is 10.6. The van der Waals surface area contributed by atoms with Gasteiger partial charge in [0, 0.05) is 18.7 Å². The van der Waals surface area contributed by atoms with Gasteiger partial charge in [-0.2, -0.15) is 20.1 Å². The number of nitro groups is 1. The summed E-state index contributed by atoms with van der Waals surface area (Å²) < 4.78 is 14.1. The van der Waals surface area contributed by atoms with Gasteiger partial charge in [-0.1, -0.05) is 24.3 Å². The Balaban J connectivity index is 1.63. The van der Waals surface area contributed by atoms with Crippen molar-refractivity contribution < 1.29 is 9.31 Å². The largest absolute Gasteiger partial charge is 0.338 e. The Morgan fingerprint density at radius 3 is 2.67 bits per heavy atom. The van der Waals surface area contributed by atoms with Gasteiger partial charge in [-0.05, 0) is 44.4 Å². The third-order valence-corrected chi connectivity index (χ3v) is 5.31. The van der Waals surface area contributed by atoms with Gasteiger partial charge in [0.1, 0.15) is 5.82 Å². The molecule has 1 aromatic heterocycles. The van der Waals surface area contributed by atoms with Crippen molar-refractivity contribution in [2.45, 2.75) is 32.2 Å². The first kappa shape index (κ1) is 22.1. The Hall–Kier alpha value is -4.15. The molecule has 2 N–H and O–H groups in total. The lowest BCUT2D eigenvalue weighted by Crippen LogP contribution is -2.38. The van der Waals surface area contributed by atoms with Gasteiger partial charge in [0.15, 0.2) is 0 Å². The Morgan fingerprint density at radius 2 is 1.88 bits per heavy atom. The first-order valence-corrected chi connectivity index (χ1v) is 10.6. The van der Waals surface area contributed by atoms with Gasteiger partial charge in [0.05, 0.1) is 22.4 Å². The summed E-state index contributed by atoms with van der Waals surface area (Å²) in [6.07, 6.45) is 4.49. The summed E-state index contributed by atoms with van der Waals surface area (Å²) in [6, 6.07) is 12.7. The van der Waals surface area contributed by atoms with Crippen LogP contribution in [0.2, 0.25) is 0 Å². The molecule has 1 atom stereocenters. The molecule has 0 aliphatic carbocycles. The fourth-order valence-electron chi connectivity index (χ4n) is 3.60. The van der Waals surface area contributed by atoms with E-state index >= 15 is 0 Å². The summed E-state index contributed by atoms with van der Waals surface area (Å²) in [7, 11) is 0. The molecule has 1 aliphatic heterocycles. The predicted octanol–water partition coefficient (Wildman–Crippen LogP) is 4.49. The molecule has 2 heterocycles. The molecule has 170 valence electrons. The number of hydrogen-bond acceptors (Lipinski definition) is 9. The molecule has 0 spiro atoms. The molecule has 33 heavy (non-hydrogen) atoms. The molecular formula is C22H23FN8O2. The van der Waals surface area contributed by atoms with Gasteiger partial charge in [-0.15, -0.1) is 0 Å². The maximum atomic E-state index is 14.1. The Kier molecular flexibility index (Phi) is 6.67. The number of aromatic nitrogens is 3. The summed E-state index contributed by atoms with van der Waals surface area (Å²) in [5.74, 6) is 0.298. The van der Waals surface area contributed by atoms with Crippen molar-refractivity contribution in [2.75, 3.05) is 22.2 Å². The van der Waals surface area contributed by atoms with Crippen molar-refractivity contribution in [3.63, 3.8) is 0 Å². The van der Waals surface area contributed by atoms with E-state index in [1.807, 2.05) is 0 Å². The first-order chi connectivity index (χ1) is 16.0. The normalized spacial score (nSPS) is 16.1. The summed E-state index contributed by atoms with van der Waals surface area (Å²) in [6.45, 7) is 2.90. The summed E-state index contributed by atoms with van der Waals surface area (Å²) in [5.41, 5.74) is 3.22. The third-order valence-electron chi connectivity index (χ3n) is 5.31. The second kappa shape index (κ2) is 9.98. The minimum Gasteiger partial charge on any atom is -0.338 e. The number of nitrogens with one attached hydrogen (secondary N) is 2. The molecule has 11 heteroatoms. The van der Waals surface area contributed by atoms with Crippen LogP contribution in [0.4, 0.5) is 33.6 Å². The van der Waals surface area contributed by atoms with E-state index in [9.17, 15) is 14.5 Å². The van der Waals surface area contributed by atoms with Crippen LogP contribution in [0.1, 0.15) is 31.7 Å². The molecule has 4 rings (SSSR count). The third kappa shape index (κ3) is 5.37. The van der Waals surface area contributed by atoms with Gasteiger partial charge < -0.3 is 10.2 Å². The molecule has 0 bridgehead atoms. The zero-order valence-electron chi connectivity index (χ0n) is 18.0. The number of nitro benzene ring substituents is 1. The number of hydrogen-bond donors (Lipinski definition) is 2. The van der Waals surface area contributed by atoms with Crippen molar-refractivity contribution in [1.29, 1.82) is 0 Å². The lowest BCUT2D eigenvalue weighted by Gasteiger charge is -2.33. The van der Waals surface area contributed by atoms with Gasteiger partial charge in [0.2, 0.25) is 17.8 Å². The number of halogens is 1. The highest BCUT2D eigenvalue weighted by Gasteiger charge is 2.22. The van der Waals surface area contributed by atoms with Crippen LogP contribution in [0, 0.1) is 15.9 Å². The Labute approximate surface area is 189 Å². The van der Waals surface area contributed by atoms with Crippen LogP contribution in [0.5, 0.6) is 0 Å².